The molecular formula is C12H18ClNO. The van der Waals surface area contributed by atoms with E-state index in [1.807, 2.05) is 38.1 Å². The summed E-state index contributed by atoms with van der Waals surface area (Å²) in [6.07, 6.45) is 0.667. The minimum Gasteiger partial charge on any atom is -0.384 e. The lowest BCUT2D eigenvalue weighted by atomic mass is 9.91. The van der Waals surface area contributed by atoms with Gasteiger partial charge in [0.15, 0.2) is 0 Å². The molecule has 0 aliphatic carbocycles. The first-order chi connectivity index (χ1) is 7.12. The van der Waals surface area contributed by atoms with Crippen LogP contribution in [-0.4, -0.2) is 18.2 Å². The molecule has 1 aromatic rings. The van der Waals surface area contributed by atoms with Gasteiger partial charge in [0.1, 0.15) is 5.60 Å². The number of halogens is 1. The van der Waals surface area contributed by atoms with Crippen LogP contribution in [0.3, 0.4) is 0 Å². The first kappa shape index (κ1) is 12.5. The third-order valence-corrected chi connectivity index (χ3v) is 2.85. The van der Waals surface area contributed by atoms with Crippen molar-refractivity contribution in [3.63, 3.8) is 0 Å². The van der Waals surface area contributed by atoms with Crippen LogP contribution >= 0.6 is 11.6 Å². The summed E-state index contributed by atoms with van der Waals surface area (Å²) in [7, 11) is 0. The van der Waals surface area contributed by atoms with Gasteiger partial charge in [-0.2, -0.15) is 0 Å². The fourth-order valence-corrected chi connectivity index (χ4v) is 1.73. The summed E-state index contributed by atoms with van der Waals surface area (Å²) in [6.45, 7) is 5.40. The van der Waals surface area contributed by atoms with E-state index < -0.39 is 5.60 Å². The second-order valence-corrected chi connectivity index (χ2v) is 4.11. The Labute approximate surface area is 96.3 Å². The van der Waals surface area contributed by atoms with Gasteiger partial charge < -0.3 is 10.4 Å². The van der Waals surface area contributed by atoms with Crippen molar-refractivity contribution in [2.45, 2.75) is 25.9 Å². The summed E-state index contributed by atoms with van der Waals surface area (Å²) in [4.78, 5) is 0. The second-order valence-electron chi connectivity index (χ2n) is 3.68. The van der Waals surface area contributed by atoms with Crippen LogP contribution in [0.25, 0.3) is 0 Å². The standard InChI is InChI=1S/C12H18ClNO/c1-3-12(15,9-14-4-2)10-6-5-7-11(13)8-10/h5-8,14-15H,3-4,9H2,1-2H3. The van der Waals surface area contributed by atoms with Crippen LogP contribution in [0.1, 0.15) is 25.8 Å². The van der Waals surface area contributed by atoms with Gasteiger partial charge in [0.05, 0.1) is 0 Å². The van der Waals surface area contributed by atoms with Gasteiger partial charge in [0, 0.05) is 11.6 Å². The minimum absolute atomic E-state index is 0.556. The monoisotopic (exact) mass is 227 g/mol. The topological polar surface area (TPSA) is 32.3 Å². The lowest BCUT2D eigenvalue weighted by molar-refractivity contribution is 0.0332. The van der Waals surface area contributed by atoms with E-state index in [-0.39, 0.29) is 0 Å². The van der Waals surface area contributed by atoms with E-state index in [1.165, 1.54) is 0 Å². The average Bonchev–Trinajstić information content (AvgIpc) is 2.26. The average molecular weight is 228 g/mol. The maximum Gasteiger partial charge on any atom is 0.102 e. The van der Waals surface area contributed by atoms with Crippen LogP contribution in [0.2, 0.25) is 5.02 Å². The summed E-state index contributed by atoms with van der Waals surface area (Å²) in [5.74, 6) is 0. The quantitative estimate of drug-likeness (QED) is 0.811. The summed E-state index contributed by atoms with van der Waals surface area (Å²) >= 11 is 5.91. The SMILES string of the molecule is CCNCC(O)(CC)c1cccc(Cl)c1. The van der Waals surface area contributed by atoms with E-state index in [2.05, 4.69) is 5.32 Å². The van der Waals surface area contributed by atoms with Crippen molar-refractivity contribution in [2.24, 2.45) is 0 Å². The van der Waals surface area contributed by atoms with Crippen molar-refractivity contribution in [3.8, 4) is 0 Å². The Morgan fingerprint density at radius 1 is 1.40 bits per heavy atom. The number of aliphatic hydroxyl groups is 1. The van der Waals surface area contributed by atoms with Crippen molar-refractivity contribution < 1.29 is 5.11 Å². The zero-order chi connectivity index (χ0) is 11.3. The molecule has 0 spiro atoms. The number of benzene rings is 1. The molecule has 84 valence electrons. The predicted molar refractivity (Wildman–Crippen MR) is 64.2 cm³/mol. The summed E-state index contributed by atoms with van der Waals surface area (Å²) in [5, 5.41) is 14.3. The highest BCUT2D eigenvalue weighted by Crippen LogP contribution is 2.26. The maximum absolute atomic E-state index is 10.4. The Hall–Kier alpha value is -0.570. The third-order valence-electron chi connectivity index (χ3n) is 2.61. The minimum atomic E-state index is -0.819. The molecule has 0 saturated carbocycles. The molecule has 0 bridgehead atoms. The zero-order valence-corrected chi connectivity index (χ0v) is 10.0. The highest BCUT2D eigenvalue weighted by molar-refractivity contribution is 6.30. The van der Waals surface area contributed by atoms with Crippen LogP contribution < -0.4 is 5.32 Å². The molecule has 0 radical (unpaired) electrons. The van der Waals surface area contributed by atoms with Crippen LogP contribution in [0, 0.1) is 0 Å². The van der Waals surface area contributed by atoms with Crippen molar-refractivity contribution in [1.29, 1.82) is 0 Å². The molecular weight excluding hydrogens is 210 g/mol. The van der Waals surface area contributed by atoms with Gasteiger partial charge >= 0.3 is 0 Å². The van der Waals surface area contributed by atoms with E-state index in [9.17, 15) is 5.11 Å². The molecule has 2 nitrogen and oxygen atoms in total. The van der Waals surface area contributed by atoms with Crippen molar-refractivity contribution in [2.75, 3.05) is 13.1 Å². The first-order valence-electron chi connectivity index (χ1n) is 5.31. The van der Waals surface area contributed by atoms with Crippen LogP contribution in [0.5, 0.6) is 0 Å². The number of likely N-dealkylation sites (N-methyl/N-ethyl adjacent to an activating group) is 1. The van der Waals surface area contributed by atoms with Crippen LogP contribution in [0.4, 0.5) is 0 Å². The van der Waals surface area contributed by atoms with Gasteiger partial charge in [-0.1, -0.05) is 37.6 Å². The zero-order valence-electron chi connectivity index (χ0n) is 9.26. The molecule has 1 atom stereocenters. The molecule has 1 unspecified atom stereocenters. The molecule has 0 fully saturated rings. The summed E-state index contributed by atoms with van der Waals surface area (Å²) < 4.78 is 0. The molecule has 3 heteroatoms. The Kier molecular flexibility index (Phi) is 4.58. The van der Waals surface area contributed by atoms with Gasteiger partial charge in [0.25, 0.3) is 0 Å². The number of rotatable bonds is 5. The molecule has 0 saturated heterocycles. The molecule has 2 N–H and O–H groups in total. The summed E-state index contributed by atoms with van der Waals surface area (Å²) in [6, 6.07) is 7.41. The first-order valence-corrected chi connectivity index (χ1v) is 5.69. The number of hydrogen-bond donors (Lipinski definition) is 2. The van der Waals surface area contributed by atoms with Crippen molar-refractivity contribution >= 4 is 11.6 Å². The molecule has 1 rings (SSSR count). The van der Waals surface area contributed by atoms with Gasteiger partial charge in [0.2, 0.25) is 0 Å². The van der Waals surface area contributed by atoms with Gasteiger partial charge in [-0.25, -0.2) is 0 Å². The van der Waals surface area contributed by atoms with Crippen LogP contribution in [0.15, 0.2) is 24.3 Å². The van der Waals surface area contributed by atoms with E-state index in [4.69, 9.17) is 11.6 Å². The molecule has 0 heterocycles. The highest BCUT2D eigenvalue weighted by atomic mass is 35.5. The maximum atomic E-state index is 10.4. The highest BCUT2D eigenvalue weighted by Gasteiger charge is 2.26. The van der Waals surface area contributed by atoms with Crippen molar-refractivity contribution in [1.82, 2.24) is 5.32 Å². The lowest BCUT2D eigenvalue weighted by Crippen LogP contribution is -2.37. The predicted octanol–water partition coefficient (Wildman–Crippen LogP) is 2.55. The summed E-state index contributed by atoms with van der Waals surface area (Å²) in [5.41, 5.74) is 0.0550. The smallest absolute Gasteiger partial charge is 0.102 e. The molecule has 1 aromatic carbocycles. The molecule has 15 heavy (non-hydrogen) atoms. The van der Waals surface area contributed by atoms with Gasteiger partial charge in [-0.05, 0) is 30.7 Å². The normalized spacial score (nSPS) is 14.9. The third kappa shape index (κ3) is 3.20. The second kappa shape index (κ2) is 5.50. The largest absolute Gasteiger partial charge is 0.384 e. The molecule has 0 aromatic heterocycles. The Balaban J connectivity index is 2.89. The molecule has 0 aliphatic heterocycles. The Bertz CT molecular complexity index is 316. The Morgan fingerprint density at radius 2 is 2.13 bits per heavy atom. The van der Waals surface area contributed by atoms with Crippen LogP contribution in [-0.2, 0) is 5.60 Å². The number of hydrogen-bond acceptors (Lipinski definition) is 2. The van der Waals surface area contributed by atoms with Gasteiger partial charge in [-0.15, -0.1) is 0 Å². The molecule has 0 amide bonds. The Morgan fingerprint density at radius 3 is 2.67 bits per heavy atom. The van der Waals surface area contributed by atoms with Gasteiger partial charge in [-0.3, -0.25) is 0 Å². The van der Waals surface area contributed by atoms with Crippen molar-refractivity contribution in [3.05, 3.63) is 34.9 Å². The number of nitrogens with one attached hydrogen (secondary N) is 1. The van der Waals surface area contributed by atoms with E-state index in [1.54, 1.807) is 0 Å². The molecule has 0 aliphatic rings. The van der Waals surface area contributed by atoms with E-state index in [0.717, 1.165) is 12.1 Å². The fraction of sp³-hybridized carbons (Fsp3) is 0.500. The van der Waals surface area contributed by atoms with E-state index >= 15 is 0 Å². The lowest BCUT2D eigenvalue weighted by Gasteiger charge is -2.27. The van der Waals surface area contributed by atoms with E-state index in [0.29, 0.717) is 18.0 Å². The fourth-order valence-electron chi connectivity index (χ4n) is 1.54.